The van der Waals surface area contributed by atoms with Gasteiger partial charge in [0.1, 0.15) is 0 Å². The smallest absolute Gasteiger partial charge is 0.319 e. The van der Waals surface area contributed by atoms with E-state index in [-0.39, 0.29) is 6.54 Å². The molecule has 0 heterocycles. The van der Waals surface area contributed by atoms with Crippen molar-refractivity contribution in [1.82, 2.24) is 5.32 Å². The van der Waals surface area contributed by atoms with Crippen molar-refractivity contribution in [2.24, 2.45) is 5.41 Å². The molecule has 0 spiro atoms. The second kappa shape index (κ2) is 6.13. The van der Waals surface area contributed by atoms with Crippen molar-refractivity contribution >= 4 is 29.3 Å². The third-order valence-electron chi connectivity index (χ3n) is 3.72. The quantitative estimate of drug-likeness (QED) is 0.799. The van der Waals surface area contributed by atoms with Crippen molar-refractivity contribution in [3.05, 3.63) is 29.3 Å². The second-order valence-electron chi connectivity index (χ2n) is 5.08. The molecule has 0 radical (unpaired) electrons. The topological polar surface area (TPSA) is 78.4 Å². The summed E-state index contributed by atoms with van der Waals surface area (Å²) in [6, 6.07) is 6.45. The molecule has 0 aromatic heterocycles. The minimum absolute atomic E-state index is 0.138. The minimum atomic E-state index is -0.840. The third kappa shape index (κ3) is 3.22. The maximum Gasteiger partial charge on any atom is 0.319 e. The van der Waals surface area contributed by atoms with Crippen molar-refractivity contribution in [2.45, 2.75) is 25.7 Å². The zero-order valence-electron chi connectivity index (χ0n) is 11.0. The minimum Gasteiger partial charge on any atom is -0.481 e. The highest BCUT2D eigenvalue weighted by molar-refractivity contribution is 6.33. The van der Waals surface area contributed by atoms with Crippen LogP contribution in [0.1, 0.15) is 25.7 Å². The Morgan fingerprint density at radius 3 is 2.50 bits per heavy atom. The average molecular weight is 297 g/mol. The Morgan fingerprint density at radius 2 is 1.90 bits per heavy atom. The van der Waals surface area contributed by atoms with Crippen LogP contribution in [0.4, 0.5) is 10.5 Å². The fourth-order valence-electron chi connectivity index (χ4n) is 2.50. The van der Waals surface area contributed by atoms with Crippen molar-refractivity contribution in [3.8, 4) is 0 Å². The maximum absolute atomic E-state index is 11.8. The summed E-state index contributed by atoms with van der Waals surface area (Å²) in [6.07, 6.45) is 2.99. The molecule has 108 valence electrons. The van der Waals surface area contributed by atoms with Crippen LogP contribution in [-0.4, -0.2) is 23.7 Å². The predicted octanol–water partition coefficient (Wildman–Crippen LogP) is 3.11. The molecular formula is C14H17ClN2O3. The number of carboxylic acid groups (broad SMARTS) is 1. The average Bonchev–Trinajstić information content (AvgIpc) is 2.89. The summed E-state index contributed by atoms with van der Waals surface area (Å²) < 4.78 is 0. The lowest BCUT2D eigenvalue weighted by atomic mass is 9.86. The number of carbonyl (C=O) groups excluding carboxylic acids is 1. The largest absolute Gasteiger partial charge is 0.481 e. The van der Waals surface area contributed by atoms with Crippen LogP contribution in [0.15, 0.2) is 24.3 Å². The first-order valence-electron chi connectivity index (χ1n) is 6.56. The van der Waals surface area contributed by atoms with Crippen molar-refractivity contribution in [1.29, 1.82) is 0 Å². The van der Waals surface area contributed by atoms with Gasteiger partial charge in [-0.2, -0.15) is 0 Å². The highest BCUT2D eigenvalue weighted by atomic mass is 35.5. The van der Waals surface area contributed by atoms with E-state index in [2.05, 4.69) is 10.6 Å². The first-order valence-corrected chi connectivity index (χ1v) is 6.94. The van der Waals surface area contributed by atoms with Crippen molar-refractivity contribution in [2.75, 3.05) is 11.9 Å². The molecule has 2 amide bonds. The van der Waals surface area contributed by atoms with Crippen LogP contribution in [-0.2, 0) is 4.79 Å². The lowest BCUT2D eigenvalue weighted by Crippen LogP contribution is -2.42. The molecule has 1 aliphatic rings. The lowest BCUT2D eigenvalue weighted by molar-refractivity contribution is -0.148. The number of rotatable bonds is 4. The van der Waals surface area contributed by atoms with Gasteiger partial charge in [0.05, 0.1) is 16.1 Å². The fraction of sp³-hybridized carbons (Fsp3) is 0.429. The first-order chi connectivity index (χ1) is 9.53. The Balaban J connectivity index is 1.92. The lowest BCUT2D eigenvalue weighted by Gasteiger charge is -2.24. The highest BCUT2D eigenvalue weighted by Crippen LogP contribution is 2.37. The number of nitrogens with one attached hydrogen (secondary N) is 2. The van der Waals surface area contributed by atoms with E-state index < -0.39 is 17.4 Å². The standard InChI is InChI=1S/C14H17ClN2O3/c15-10-5-1-2-6-11(10)17-13(20)16-9-14(12(18)19)7-3-4-8-14/h1-2,5-6H,3-4,7-9H2,(H,18,19)(H2,16,17,20). The Labute approximate surface area is 122 Å². The Bertz CT molecular complexity index is 513. The summed E-state index contributed by atoms with van der Waals surface area (Å²) in [5.41, 5.74) is -0.319. The van der Waals surface area contributed by atoms with E-state index in [0.29, 0.717) is 23.6 Å². The molecule has 1 aliphatic carbocycles. The van der Waals surface area contributed by atoms with Crippen LogP contribution in [0.3, 0.4) is 0 Å². The summed E-state index contributed by atoms with van der Waals surface area (Å²) in [6.45, 7) is 0.138. The number of hydrogen-bond acceptors (Lipinski definition) is 2. The summed E-state index contributed by atoms with van der Waals surface area (Å²) >= 11 is 5.94. The zero-order chi connectivity index (χ0) is 14.6. The number of para-hydroxylation sites is 1. The second-order valence-corrected chi connectivity index (χ2v) is 5.49. The number of amides is 2. The number of benzene rings is 1. The van der Waals surface area contributed by atoms with Crippen LogP contribution in [0, 0.1) is 5.41 Å². The van der Waals surface area contributed by atoms with Gasteiger partial charge in [-0.3, -0.25) is 4.79 Å². The Morgan fingerprint density at radius 1 is 1.25 bits per heavy atom. The van der Waals surface area contributed by atoms with E-state index in [1.165, 1.54) is 0 Å². The molecule has 5 nitrogen and oxygen atoms in total. The highest BCUT2D eigenvalue weighted by Gasteiger charge is 2.41. The molecule has 0 saturated heterocycles. The number of halogens is 1. The van der Waals surface area contributed by atoms with Gasteiger partial charge in [0.2, 0.25) is 0 Å². The summed E-state index contributed by atoms with van der Waals surface area (Å²) in [7, 11) is 0. The maximum atomic E-state index is 11.8. The molecule has 0 unspecified atom stereocenters. The van der Waals surface area contributed by atoms with E-state index in [1.807, 2.05) is 0 Å². The number of urea groups is 1. The number of carbonyl (C=O) groups is 2. The summed E-state index contributed by atoms with van der Waals surface area (Å²) in [4.78, 5) is 23.2. The fourth-order valence-corrected chi connectivity index (χ4v) is 2.68. The summed E-state index contributed by atoms with van der Waals surface area (Å²) in [5, 5.41) is 15.0. The predicted molar refractivity (Wildman–Crippen MR) is 77.0 cm³/mol. The SMILES string of the molecule is O=C(NCC1(C(=O)O)CCCC1)Nc1ccccc1Cl. The number of hydrogen-bond donors (Lipinski definition) is 3. The molecule has 1 aromatic carbocycles. The van der Waals surface area contributed by atoms with Gasteiger partial charge >= 0.3 is 12.0 Å². The molecule has 6 heteroatoms. The zero-order valence-corrected chi connectivity index (χ0v) is 11.7. The van der Waals surface area contributed by atoms with Crippen LogP contribution in [0.5, 0.6) is 0 Å². The third-order valence-corrected chi connectivity index (χ3v) is 4.05. The van der Waals surface area contributed by atoms with Crippen LogP contribution in [0.2, 0.25) is 5.02 Å². The van der Waals surface area contributed by atoms with Crippen molar-refractivity contribution < 1.29 is 14.7 Å². The normalized spacial score (nSPS) is 16.6. The van der Waals surface area contributed by atoms with Gasteiger partial charge in [-0.05, 0) is 25.0 Å². The van der Waals surface area contributed by atoms with Crippen LogP contribution >= 0.6 is 11.6 Å². The number of carboxylic acids is 1. The van der Waals surface area contributed by atoms with Crippen molar-refractivity contribution in [3.63, 3.8) is 0 Å². The van der Waals surface area contributed by atoms with Crippen LogP contribution < -0.4 is 10.6 Å². The molecule has 1 saturated carbocycles. The van der Waals surface area contributed by atoms with E-state index in [1.54, 1.807) is 24.3 Å². The molecule has 0 aliphatic heterocycles. The summed E-state index contributed by atoms with van der Waals surface area (Å²) in [5.74, 6) is -0.840. The molecule has 1 aromatic rings. The molecule has 1 fully saturated rings. The van der Waals surface area contributed by atoms with E-state index in [4.69, 9.17) is 11.6 Å². The van der Waals surface area contributed by atoms with Gasteiger partial charge < -0.3 is 15.7 Å². The monoisotopic (exact) mass is 296 g/mol. The molecule has 0 atom stereocenters. The van der Waals surface area contributed by atoms with Gasteiger partial charge in [0, 0.05) is 6.54 Å². The van der Waals surface area contributed by atoms with Gasteiger partial charge in [-0.25, -0.2) is 4.79 Å². The molecule has 3 N–H and O–H groups in total. The van der Waals surface area contributed by atoms with Gasteiger partial charge in [0.15, 0.2) is 0 Å². The Kier molecular flexibility index (Phi) is 4.49. The molecule has 2 rings (SSSR count). The van der Waals surface area contributed by atoms with E-state index >= 15 is 0 Å². The van der Waals surface area contributed by atoms with E-state index in [9.17, 15) is 14.7 Å². The molecule has 0 bridgehead atoms. The van der Waals surface area contributed by atoms with E-state index in [0.717, 1.165) is 12.8 Å². The first kappa shape index (κ1) is 14.7. The van der Waals surface area contributed by atoms with Gasteiger partial charge in [0.25, 0.3) is 0 Å². The number of anilines is 1. The van der Waals surface area contributed by atoms with Gasteiger partial charge in [-0.15, -0.1) is 0 Å². The molecular weight excluding hydrogens is 280 g/mol. The van der Waals surface area contributed by atoms with Crippen LogP contribution in [0.25, 0.3) is 0 Å². The molecule has 20 heavy (non-hydrogen) atoms. The Hall–Kier alpha value is -1.75. The van der Waals surface area contributed by atoms with Gasteiger partial charge in [-0.1, -0.05) is 36.6 Å². The number of aliphatic carboxylic acids is 1.